The highest BCUT2D eigenvalue weighted by molar-refractivity contribution is 5.02. The Morgan fingerprint density at radius 3 is 2.56 bits per heavy atom. The fourth-order valence-corrected chi connectivity index (χ4v) is 3.15. The van der Waals surface area contributed by atoms with E-state index < -0.39 is 0 Å². The Bertz CT molecular complexity index is 240. The van der Waals surface area contributed by atoms with Crippen molar-refractivity contribution in [1.82, 2.24) is 4.90 Å². The van der Waals surface area contributed by atoms with Crippen molar-refractivity contribution < 1.29 is 5.11 Å². The largest absolute Gasteiger partial charge is 0.394 e. The lowest BCUT2D eigenvalue weighted by Crippen LogP contribution is -2.56. The van der Waals surface area contributed by atoms with Crippen molar-refractivity contribution in [2.45, 2.75) is 51.1 Å². The van der Waals surface area contributed by atoms with Crippen LogP contribution in [0.2, 0.25) is 0 Å². The monoisotopic (exact) mass is 226 g/mol. The van der Waals surface area contributed by atoms with E-state index in [-0.39, 0.29) is 12.1 Å². The summed E-state index contributed by atoms with van der Waals surface area (Å²) in [6.07, 6.45) is 4.99. The van der Waals surface area contributed by atoms with E-state index >= 15 is 0 Å². The van der Waals surface area contributed by atoms with E-state index in [2.05, 4.69) is 18.7 Å². The van der Waals surface area contributed by atoms with Crippen LogP contribution in [0.4, 0.5) is 0 Å². The third-order valence-corrected chi connectivity index (χ3v) is 4.37. The van der Waals surface area contributed by atoms with E-state index in [1.165, 1.54) is 25.7 Å². The maximum atomic E-state index is 9.53. The van der Waals surface area contributed by atoms with E-state index in [9.17, 15) is 5.11 Å². The molecule has 1 saturated heterocycles. The van der Waals surface area contributed by atoms with Crippen molar-refractivity contribution in [2.24, 2.45) is 17.6 Å². The molecule has 2 rings (SSSR count). The van der Waals surface area contributed by atoms with Crippen molar-refractivity contribution in [3.63, 3.8) is 0 Å². The maximum Gasteiger partial charge on any atom is 0.0626 e. The van der Waals surface area contributed by atoms with Crippen LogP contribution < -0.4 is 5.73 Å². The Morgan fingerprint density at radius 1 is 1.38 bits per heavy atom. The summed E-state index contributed by atoms with van der Waals surface area (Å²) < 4.78 is 0. The first kappa shape index (κ1) is 12.3. The molecule has 0 aromatic carbocycles. The highest BCUT2D eigenvalue weighted by atomic mass is 16.3. The molecule has 1 saturated carbocycles. The smallest absolute Gasteiger partial charge is 0.0626 e. The molecule has 1 heterocycles. The van der Waals surface area contributed by atoms with Crippen LogP contribution in [-0.2, 0) is 0 Å². The quantitative estimate of drug-likeness (QED) is 0.741. The Labute approximate surface area is 99.0 Å². The number of nitrogens with zero attached hydrogens (tertiary/aromatic N) is 1. The van der Waals surface area contributed by atoms with Crippen molar-refractivity contribution in [3.05, 3.63) is 0 Å². The van der Waals surface area contributed by atoms with Crippen molar-refractivity contribution in [3.8, 4) is 0 Å². The number of rotatable bonds is 5. The number of likely N-dealkylation sites (tertiary alicyclic amines) is 1. The summed E-state index contributed by atoms with van der Waals surface area (Å²) in [4.78, 5) is 2.51. The second-order valence-corrected chi connectivity index (χ2v) is 6.09. The van der Waals surface area contributed by atoms with Gasteiger partial charge >= 0.3 is 0 Å². The number of aliphatic hydroxyl groups excluding tert-OH is 1. The van der Waals surface area contributed by atoms with Crippen LogP contribution in [0.25, 0.3) is 0 Å². The molecule has 2 fully saturated rings. The zero-order valence-electron chi connectivity index (χ0n) is 10.7. The average Bonchev–Trinajstić information content (AvgIpc) is 3.00. The van der Waals surface area contributed by atoms with E-state index in [4.69, 9.17) is 5.73 Å². The molecule has 94 valence electrons. The highest BCUT2D eigenvalue weighted by Crippen LogP contribution is 2.39. The Kier molecular flexibility index (Phi) is 3.57. The van der Waals surface area contributed by atoms with Gasteiger partial charge in [-0.05, 0) is 44.1 Å². The van der Waals surface area contributed by atoms with Crippen LogP contribution in [0.15, 0.2) is 0 Å². The van der Waals surface area contributed by atoms with Gasteiger partial charge in [-0.2, -0.15) is 0 Å². The molecule has 0 aromatic heterocycles. The lowest BCUT2D eigenvalue weighted by Gasteiger charge is -2.36. The van der Waals surface area contributed by atoms with Crippen LogP contribution in [0.3, 0.4) is 0 Å². The predicted octanol–water partition coefficient (Wildman–Crippen LogP) is 1.21. The topological polar surface area (TPSA) is 49.5 Å². The minimum absolute atomic E-state index is 0.138. The van der Waals surface area contributed by atoms with Gasteiger partial charge in [0.15, 0.2) is 0 Å². The van der Waals surface area contributed by atoms with Crippen LogP contribution >= 0.6 is 0 Å². The van der Waals surface area contributed by atoms with E-state index in [1.54, 1.807) is 0 Å². The van der Waals surface area contributed by atoms with Crippen LogP contribution in [0.5, 0.6) is 0 Å². The van der Waals surface area contributed by atoms with Gasteiger partial charge in [-0.15, -0.1) is 0 Å². The molecule has 3 heteroatoms. The zero-order valence-corrected chi connectivity index (χ0v) is 10.7. The highest BCUT2D eigenvalue weighted by Gasteiger charge is 2.44. The third kappa shape index (κ3) is 2.41. The van der Waals surface area contributed by atoms with E-state index in [0.29, 0.717) is 17.9 Å². The summed E-state index contributed by atoms with van der Waals surface area (Å²) in [5, 5.41) is 9.53. The number of hydrogen-bond donors (Lipinski definition) is 2. The van der Waals surface area contributed by atoms with Gasteiger partial charge in [0.2, 0.25) is 0 Å². The Hall–Kier alpha value is -0.120. The van der Waals surface area contributed by atoms with Gasteiger partial charge in [0.25, 0.3) is 0 Å². The summed E-state index contributed by atoms with van der Waals surface area (Å²) in [5.41, 5.74) is 6.02. The molecular weight excluding hydrogens is 200 g/mol. The minimum Gasteiger partial charge on any atom is -0.394 e. The molecule has 3 N–H and O–H groups in total. The van der Waals surface area contributed by atoms with Gasteiger partial charge in [0.1, 0.15) is 0 Å². The number of nitrogens with two attached hydrogens (primary N) is 1. The lowest BCUT2D eigenvalue weighted by atomic mass is 9.93. The van der Waals surface area contributed by atoms with Gasteiger partial charge in [-0.25, -0.2) is 0 Å². The Balaban J connectivity index is 1.96. The SMILES string of the molecule is CC(C)C1CCCN1CC(N)(CO)C1CC1. The maximum absolute atomic E-state index is 9.53. The van der Waals surface area contributed by atoms with Gasteiger partial charge in [-0.1, -0.05) is 13.8 Å². The summed E-state index contributed by atoms with van der Waals surface area (Å²) in [7, 11) is 0. The molecule has 1 aliphatic carbocycles. The number of hydrogen-bond acceptors (Lipinski definition) is 3. The summed E-state index contributed by atoms with van der Waals surface area (Å²) in [6, 6.07) is 0.674. The molecule has 0 amide bonds. The van der Waals surface area contributed by atoms with Crippen LogP contribution in [-0.4, -0.2) is 41.3 Å². The molecule has 0 bridgehead atoms. The average molecular weight is 226 g/mol. The molecule has 16 heavy (non-hydrogen) atoms. The first-order valence-electron chi connectivity index (χ1n) is 6.70. The molecule has 2 atom stereocenters. The predicted molar refractivity (Wildman–Crippen MR) is 66.2 cm³/mol. The first-order chi connectivity index (χ1) is 7.57. The molecular formula is C13H26N2O. The van der Waals surface area contributed by atoms with E-state index in [0.717, 1.165) is 13.1 Å². The lowest BCUT2D eigenvalue weighted by molar-refractivity contribution is 0.102. The van der Waals surface area contributed by atoms with Crippen molar-refractivity contribution in [2.75, 3.05) is 19.7 Å². The molecule has 2 unspecified atom stereocenters. The third-order valence-electron chi connectivity index (χ3n) is 4.37. The summed E-state index contributed by atoms with van der Waals surface area (Å²) in [5.74, 6) is 1.26. The van der Waals surface area contributed by atoms with E-state index in [1.807, 2.05) is 0 Å². The summed E-state index contributed by atoms with van der Waals surface area (Å²) >= 11 is 0. The standard InChI is InChI=1S/C13H26N2O/c1-10(2)12-4-3-7-15(12)8-13(14,9-16)11-5-6-11/h10-12,16H,3-9,14H2,1-2H3. The fraction of sp³-hybridized carbons (Fsp3) is 1.00. The van der Waals surface area contributed by atoms with Crippen LogP contribution in [0.1, 0.15) is 39.5 Å². The second kappa shape index (κ2) is 4.63. The minimum atomic E-state index is -0.336. The molecule has 2 aliphatic rings. The van der Waals surface area contributed by atoms with Crippen LogP contribution in [0, 0.1) is 11.8 Å². The van der Waals surface area contributed by atoms with Crippen molar-refractivity contribution >= 4 is 0 Å². The van der Waals surface area contributed by atoms with Gasteiger partial charge in [0.05, 0.1) is 12.1 Å². The number of aliphatic hydroxyl groups is 1. The van der Waals surface area contributed by atoms with Gasteiger partial charge in [-0.3, -0.25) is 4.90 Å². The first-order valence-corrected chi connectivity index (χ1v) is 6.70. The Morgan fingerprint density at radius 2 is 2.06 bits per heavy atom. The van der Waals surface area contributed by atoms with Crippen molar-refractivity contribution in [1.29, 1.82) is 0 Å². The second-order valence-electron chi connectivity index (χ2n) is 6.09. The van der Waals surface area contributed by atoms with Gasteiger partial charge in [0, 0.05) is 12.6 Å². The van der Waals surface area contributed by atoms with Gasteiger partial charge < -0.3 is 10.8 Å². The fourth-order valence-electron chi connectivity index (χ4n) is 3.15. The molecule has 1 aliphatic heterocycles. The molecule has 0 aromatic rings. The normalized spacial score (nSPS) is 30.9. The zero-order chi connectivity index (χ0) is 11.8. The summed E-state index contributed by atoms with van der Waals surface area (Å²) in [6.45, 7) is 6.76. The molecule has 0 spiro atoms. The molecule has 3 nitrogen and oxygen atoms in total. The molecule has 0 radical (unpaired) electrons.